The van der Waals surface area contributed by atoms with Crippen LogP contribution in [0.2, 0.25) is 0 Å². The number of anilines is 1. The van der Waals surface area contributed by atoms with E-state index < -0.39 is 11.9 Å². The number of carbonyl (C=O) groups is 3. The van der Waals surface area contributed by atoms with Gasteiger partial charge in [0.1, 0.15) is 6.54 Å². The first-order valence-electron chi connectivity index (χ1n) is 7.89. The lowest BCUT2D eigenvalue weighted by Gasteiger charge is -2.31. The Morgan fingerprint density at radius 2 is 2.00 bits per heavy atom. The second-order valence-electron chi connectivity index (χ2n) is 6.17. The number of para-hydroxylation sites is 1. The van der Waals surface area contributed by atoms with Crippen molar-refractivity contribution in [3.05, 3.63) is 29.8 Å². The predicted molar refractivity (Wildman–Crippen MR) is 84.0 cm³/mol. The molecule has 122 valence electrons. The van der Waals surface area contributed by atoms with Crippen LogP contribution >= 0.6 is 0 Å². The number of rotatable bonds is 3. The highest BCUT2D eigenvalue weighted by atomic mass is 16.4. The summed E-state index contributed by atoms with van der Waals surface area (Å²) in [5.41, 5.74) is 1.86. The van der Waals surface area contributed by atoms with Crippen molar-refractivity contribution in [2.24, 2.45) is 5.92 Å². The topological polar surface area (TPSA) is 77.9 Å². The van der Waals surface area contributed by atoms with Gasteiger partial charge in [-0.2, -0.15) is 0 Å². The number of benzene rings is 1. The van der Waals surface area contributed by atoms with Gasteiger partial charge in [-0.25, -0.2) is 0 Å². The fourth-order valence-electron chi connectivity index (χ4n) is 3.52. The second kappa shape index (κ2) is 6.02. The second-order valence-corrected chi connectivity index (χ2v) is 6.17. The van der Waals surface area contributed by atoms with Gasteiger partial charge >= 0.3 is 5.97 Å². The molecule has 0 radical (unpaired) electrons. The summed E-state index contributed by atoms with van der Waals surface area (Å²) in [6.07, 6.45) is 1.56. The van der Waals surface area contributed by atoms with Gasteiger partial charge in [0, 0.05) is 24.7 Å². The van der Waals surface area contributed by atoms with Crippen LogP contribution in [0.25, 0.3) is 0 Å². The Morgan fingerprint density at radius 3 is 2.70 bits per heavy atom. The lowest BCUT2D eigenvalue weighted by Crippen LogP contribution is -2.46. The van der Waals surface area contributed by atoms with E-state index in [1.165, 1.54) is 4.90 Å². The molecular weight excluding hydrogens is 296 g/mol. The summed E-state index contributed by atoms with van der Waals surface area (Å²) in [5.74, 6) is -1.64. The molecule has 2 atom stereocenters. The Kier molecular flexibility index (Phi) is 4.07. The highest BCUT2D eigenvalue weighted by molar-refractivity contribution is 6.01. The van der Waals surface area contributed by atoms with Crippen LogP contribution in [0.5, 0.6) is 0 Å². The van der Waals surface area contributed by atoms with Crippen molar-refractivity contribution in [1.82, 2.24) is 4.90 Å². The summed E-state index contributed by atoms with van der Waals surface area (Å²) in [6, 6.07) is 7.27. The lowest BCUT2D eigenvalue weighted by atomic mass is 10.0. The highest BCUT2D eigenvalue weighted by Crippen LogP contribution is 2.29. The number of aliphatic carboxylic acids is 1. The molecule has 1 saturated heterocycles. The maximum absolute atomic E-state index is 12.6. The van der Waals surface area contributed by atoms with E-state index in [1.807, 2.05) is 24.3 Å². The highest BCUT2D eigenvalue weighted by Gasteiger charge is 2.39. The zero-order valence-electron chi connectivity index (χ0n) is 13.1. The molecule has 1 aromatic rings. The maximum Gasteiger partial charge on any atom is 0.308 e. The molecule has 1 aromatic carbocycles. The molecule has 6 nitrogen and oxygen atoms in total. The third-order valence-electron chi connectivity index (χ3n) is 4.88. The van der Waals surface area contributed by atoms with Crippen molar-refractivity contribution in [2.75, 3.05) is 18.0 Å². The monoisotopic (exact) mass is 316 g/mol. The van der Waals surface area contributed by atoms with Crippen molar-refractivity contribution < 1.29 is 19.5 Å². The normalized spacial score (nSPS) is 23.8. The molecule has 3 rings (SSSR count). The van der Waals surface area contributed by atoms with E-state index in [1.54, 1.807) is 11.8 Å². The summed E-state index contributed by atoms with van der Waals surface area (Å²) >= 11 is 0. The zero-order chi connectivity index (χ0) is 16.6. The number of carboxylic acids is 1. The molecule has 2 aliphatic heterocycles. The number of fused-ring (bicyclic) bond motifs is 1. The fourth-order valence-corrected chi connectivity index (χ4v) is 3.52. The van der Waals surface area contributed by atoms with Gasteiger partial charge in [0.25, 0.3) is 0 Å². The first kappa shape index (κ1) is 15.5. The van der Waals surface area contributed by atoms with Crippen molar-refractivity contribution in [3.8, 4) is 0 Å². The quantitative estimate of drug-likeness (QED) is 0.911. The van der Waals surface area contributed by atoms with E-state index in [-0.39, 0.29) is 24.4 Å². The van der Waals surface area contributed by atoms with Crippen LogP contribution in [0.1, 0.15) is 25.3 Å². The van der Waals surface area contributed by atoms with Crippen LogP contribution in [0.4, 0.5) is 5.69 Å². The van der Waals surface area contributed by atoms with Gasteiger partial charge in [-0.3, -0.25) is 14.4 Å². The number of carbonyl (C=O) groups excluding carboxylic acids is 2. The number of hydrogen-bond acceptors (Lipinski definition) is 3. The zero-order valence-corrected chi connectivity index (χ0v) is 13.1. The number of hydrogen-bond donors (Lipinski definition) is 1. The maximum atomic E-state index is 12.6. The van der Waals surface area contributed by atoms with E-state index in [0.717, 1.165) is 11.3 Å². The van der Waals surface area contributed by atoms with Gasteiger partial charge in [0.05, 0.1) is 5.92 Å². The molecule has 23 heavy (non-hydrogen) atoms. The minimum Gasteiger partial charge on any atom is -0.481 e. The summed E-state index contributed by atoms with van der Waals surface area (Å²) < 4.78 is 0. The Balaban J connectivity index is 1.76. The van der Waals surface area contributed by atoms with Gasteiger partial charge in [0.15, 0.2) is 0 Å². The van der Waals surface area contributed by atoms with E-state index in [9.17, 15) is 19.5 Å². The Labute approximate surface area is 134 Å². The van der Waals surface area contributed by atoms with Crippen LogP contribution < -0.4 is 4.90 Å². The molecule has 6 heteroatoms. The molecule has 1 N–H and O–H groups in total. The standard InChI is InChI=1S/C17H20N2O4/c1-11-13(17(22)23)8-9-18(11)16(21)10-19-14-5-3-2-4-12(14)6-7-15(19)20/h2-5,11,13H,6-10H2,1H3,(H,22,23). The summed E-state index contributed by atoms with van der Waals surface area (Å²) in [5, 5.41) is 9.17. The molecule has 2 unspecified atom stereocenters. The average molecular weight is 316 g/mol. The fraction of sp³-hybridized carbons (Fsp3) is 0.471. The number of amides is 2. The van der Waals surface area contributed by atoms with Crippen LogP contribution in [-0.2, 0) is 20.8 Å². The van der Waals surface area contributed by atoms with Gasteiger partial charge in [-0.1, -0.05) is 18.2 Å². The average Bonchev–Trinajstić information content (AvgIpc) is 2.92. The first-order chi connectivity index (χ1) is 11.0. The SMILES string of the molecule is CC1C(C(=O)O)CCN1C(=O)CN1C(=O)CCc2ccccc21. The number of likely N-dealkylation sites (tertiary alicyclic amines) is 1. The molecule has 2 heterocycles. The number of nitrogens with zero attached hydrogens (tertiary/aromatic N) is 2. The molecule has 0 bridgehead atoms. The molecule has 0 aromatic heterocycles. The largest absolute Gasteiger partial charge is 0.481 e. The van der Waals surface area contributed by atoms with Crippen molar-refractivity contribution in [3.63, 3.8) is 0 Å². The lowest BCUT2D eigenvalue weighted by molar-refractivity contribution is -0.143. The third kappa shape index (κ3) is 2.81. The van der Waals surface area contributed by atoms with Crippen LogP contribution in [0.15, 0.2) is 24.3 Å². The smallest absolute Gasteiger partial charge is 0.308 e. The first-order valence-corrected chi connectivity index (χ1v) is 7.89. The van der Waals surface area contributed by atoms with Gasteiger partial charge in [-0.15, -0.1) is 0 Å². The molecule has 0 spiro atoms. The van der Waals surface area contributed by atoms with E-state index in [2.05, 4.69) is 0 Å². The minimum absolute atomic E-state index is 0.0213. The Morgan fingerprint density at radius 1 is 1.26 bits per heavy atom. The van der Waals surface area contributed by atoms with Gasteiger partial charge < -0.3 is 14.9 Å². The molecule has 1 fully saturated rings. The Bertz CT molecular complexity index is 658. The molecule has 0 saturated carbocycles. The minimum atomic E-state index is -0.868. The molecular formula is C17H20N2O4. The predicted octanol–water partition coefficient (Wildman–Crippen LogP) is 1.29. The molecule has 2 aliphatic rings. The van der Waals surface area contributed by atoms with Gasteiger partial charge in [0.2, 0.25) is 11.8 Å². The summed E-state index contributed by atoms with van der Waals surface area (Å²) in [4.78, 5) is 39.1. The summed E-state index contributed by atoms with van der Waals surface area (Å²) in [7, 11) is 0. The van der Waals surface area contributed by atoms with E-state index >= 15 is 0 Å². The van der Waals surface area contributed by atoms with E-state index in [0.29, 0.717) is 25.8 Å². The summed E-state index contributed by atoms with van der Waals surface area (Å²) in [6.45, 7) is 2.17. The third-order valence-corrected chi connectivity index (χ3v) is 4.88. The van der Waals surface area contributed by atoms with Crippen molar-refractivity contribution >= 4 is 23.5 Å². The van der Waals surface area contributed by atoms with E-state index in [4.69, 9.17) is 0 Å². The van der Waals surface area contributed by atoms with Crippen LogP contribution in [0, 0.1) is 5.92 Å². The Hall–Kier alpha value is -2.37. The van der Waals surface area contributed by atoms with Gasteiger partial charge in [-0.05, 0) is 31.4 Å². The number of carboxylic acid groups (broad SMARTS) is 1. The molecule has 2 amide bonds. The molecule has 0 aliphatic carbocycles. The number of aryl methyl sites for hydroxylation is 1. The van der Waals surface area contributed by atoms with Crippen molar-refractivity contribution in [2.45, 2.75) is 32.2 Å². The van der Waals surface area contributed by atoms with Crippen LogP contribution in [0.3, 0.4) is 0 Å². The van der Waals surface area contributed by atoms with Crippen molar-refractivity contribution in [1.29, 1.82) is 0 Å². The van der Waals surface area contributed by atoms with Crippen LogP contribution in [-0.4, -0.2) is 46.9 Å².